The van der Waals surface area contributed by atoms with Crippen molar-refractivity contribution in [2.24, 2.45) is 4.99 Å². The second-order valence-electron chi connectivity index (χ2n) is 6.47. The molecule has 130 valence electrons. The predicted molar refractivity (Wildman–Crippen MR) is 101 cm³/mol. The van der Waals surface area contributed by atoms with Crippen LogP contribution in [0, 0.1) is 6.92 Å². The summed E-state index contributed by atoms with van der Waals surface area (Å²) in [6.45, 7) is 8.90. The molecule has 0 amide bonds. The number of nitrogens with one attached hydrogen (secondary N) is 2. The Morgan fingerprint density at radius 3 is 2.91 bits per heavy atom. The number of unbranched alkanes of at least 4 members (excludes halogenated alkanes) is 1. The van der Waals surface area contributed by atoms with Crippen molar-refractivity contribution >= 4 is 17.3 Å². The van der Waals surface area contributed by atoms with Crippen LogP contribution in [0.4, 0.5) is 0 Å². The average molecular weight is 337 g/mol. The molecule has 1 atom stereocenters. The van der Waals surface area contributed by atoms with E-state index in [1.165, 1.54) is 55.6 Å². The third-order valence-corrected chi connectivity index (χ3v) is 5.74. The molecule has 1 aromatic heterocycles. The van der Waals surface area contributed by atoms with Crippen LogP contribution < -0.4 is 10.6 Å². The topological polar surface area (TPSA) is 39.7 Å². The highest BCUT2D eigenvalue weighted by molar-refractivity contribution is 7.10. The van der Waals surface area contributed by atoms with Gasteiger partial charge >= 0.3 is 0 Å². The third kappa shape index (κ3) is 6.15. The lowest BCUT2D eigenvalue weighted by Crippen LogP contribution is -2.39. The zero-order valence-electron chi connectivity index (χ0n) is 14.9. The van der Waals surface area contributed by atoms with Crippen LogP contribution in [0.5, 0.6) is 0 Å². The summed E-state index contributed by atoms with van der Waals surface area (Å²) in [5, 5.41) is 8.97. The van der Waals surface area contributed by atoms with Gasteiger partial charge in [-0.1, -0.05) is 6.42 Å². The molecule has 1 aliphatic heterocycles. The first kappa shape index (κ1) is 18.3. The number of likely N-dealkylation sites (tertiary alicyclic amines) is 1. The summed E-state index contributed by atoms with van der Waals surface area (Å²) in [6.07, 6.45) is 6.61. The summed E-state index contributed by atoms with van der Waals surface area (Å²) in [5.74, 6) is 0.907. The zero-order chi connectivity index (χ0) is 16.5. The molecule has 5 heteroatoms. The fraction of sp³-hybridized carbons (Fsp3) is 0.722. The van der Waals surface area contributed by atoms with Gasteiger partial charge in [0.1, 0.15) is 0 Å². The number of aryl methyl sites for hydroxylation is 1. The van der Waals surface area contributed by atoms with Gasteiger partial charge < -0.3 is 15.5 Å². The minimum Gasteiger partial charge on any atom is -0.356 e. The van der Waals surface area contributed by atoms with E-state index in [0.717, 1.165) is 25.1 Å². The lowest BCUT2D eigenvalue weighted by Gasteiger charge is -2.33. The van der Waals surface area contributed by atoms with E-state index in [-0.39, 0.29) is 0 Å². The first-order valence-electron chi connectivity index (χ1n) is 8.92. The molecule has 23 heavy (non-hydrogen) atoms. The molecule has 2 rings (SSSR count). The van der Waals surface area contributed by atoms with Gasteiger partial charge in [-0.3, -0.25) is 4.99 Å². The molecular formula is C18H32N4S. The minimum absolute atomic E-state index is 0.778. The number of piperidine rings is 1. The molecule has 0 aromatic carbocycles. The van der Waals surface area contributed by atoms with Gasteiger partial charge in [0.15, 0.2) is 5.96 Å². The number of guanidine groups is 1. The molecule has 2 heterocycles. The first-order valence-corrected chi connectivity index (χ1v) is 9.80. The summed E-state index contributed by atoms with van der Waals surface area (Å²) in [5.41, 5.74) is 1.36. The fourth-order valence-corrected chi connectivity index (χ4v) is 3.95. The Morgan fingerprint density at radius 1 is 1.35 bits per heavy atom. The van der Waals surface area contributed by atoms with Crippen molar-refractivity contribution in [3.8, 4) is 0 Å². The van der Waals surface area contributed by atoms with Crippen LogP contribution in [0.15, 0.2) is 16.4 Å². The second-order valence-corrected chi connectivity index (χ2v) is 7.47. The first-order chi connectivity index (χ1) is 11.2. The smallest absolute Gasteiger partial charge is 0.191 e. The van der Waals surface area contributed by atoms with E-state index in [4.69, 9.17) is 0 Å². The number of thiophene rings is 1. The van der Waals surface area contributed by atoms with Gasteiger partial charge in [0, 0.05) is 24.5 Å². The van der Waals surface area contributed by atoms with E-state index in [9.17, 15) is 0 Å². The van der Waals surface area contributed by atoms with Crippen molar-refractivity contribution in [3.63, 3.8) is 0 Å². The maximum Gasteiger partial charge on any atom is 0.191 e. The summed E-state index contributed by atoms with van der Waals surface area (Å²) >= 11 is 1.80. The second kappa shape index (κ2) is 9.93. The quantitative estimate of drug-likeness (QED) is 0.455. The molecule has 1 unspecified atom stereocenters. The molecular weight excluding hydrogens is 304 g/mol. The van der Waals surface area contributed by atoms with Crippen LogP contribution in [0.3, 0.4) is 0 Å². The summed E-state index contributed by atoms with van der Waals surface area (Å²) in [4.78, 5) is 8.34. The normalized spacial score (nSPS) is 19.8. The fourth-order valence-electron chi connectivity index (χ4n) is 3.11. The molecule has 1 fully saturated rings. The molecule has 1 aromatic rings. The highest BCUT2D eigenvalue weighted by Crippen LogP contribution is 2.16. The SMILES string of the molecule is CN=C(NCCCCN1CCCCC1C)NCc1sccc1C. The largest absolute Gasteiger partial charge is 0.356 e. The number of hydrogen-bond donors (Lipinski definition) is 2. The molecule has 4 nitrogen and oxygen atoms in total. The Balaban J connectivity index is 1.58. The van der Waals surface area contributed by atoms with Gasteiger partial charge in [0.05, 0.1) is 6.54 Å². The van der Waals surface area contributed by atoms with Crippen LogP contribution in [-0.2, 0) is 6.54 Å². The molecule has 0 radical (unpaired) electrons. The molecule has 2 N–H and O–H groups in total. The van der Waals surface area contributed by atoms with Crippen LogP contribution in [0.2, 0.25) is 0 Å². The van der Waals surface area contributed by atoms with E-state index < -0.39 is 0 Å². The summed E-state index contributed by atoms with van der Waals surface area (Å²) < 4.78 is 0. The van der Waals surface area contributed by atoms with Crippen LogP contribution >= 0.6 is 11.3 Å². The van der Waals surface area contributed by atoms with E-state index in [1.54, 1.807) is 11.3 Å². The van der Waals surface area contributed by atoms with E-state index >= 15 is 0 Å². The van der Waals surface area contributed by atoms with Gasteiger partial charge in [-0.25, -0.2) is 0 Å². The highest BCUT2D eigenvalue weighted by atomic mass is 32.1. The average Bonchev–Trinajstić information content (AvgIpc) is 2.97. The maximum absolute atomic E-state index is 4.31. The molecule has 0 saturated carbocycles. The van der Waals surface area contributed by atoms with Crippen molar-refractivity contribution in [1.29, 1.82) is 0 Å². The molecule has 1 saturated heterocycles. The van der Waals surface area contributed by atoms with Crippen LogP contribution in [-0.4, -0.2) is 43.6 Å². The van der Waals surface area contributed by atoms with E-state index in [2.05, 4.69) is 45.8 Å². The third-order valence-electron chi connectivity index (χ3n) is 4.71. The van der Waals surface area contributed by atoms with Gasteiger partial charge in [-0.2, -0.15) is 0 Å². The van der Waals surface area contributed by atoms with Crippen molar-refractivity contribution < 1.29 is 0 Å². The van der Waals surface area contributed by atoms with Gasteiger partial charge in [-0.05, 0) is 69.6 Å². The highest BCUT2D eigenvalue weighted by Gasteiger charge is 2.16. The standard InChI is InChI=1S/C18H32N4S/c1-15-9-13-23-17(15)14-21-18(19-3)20-10-5-7-12-22-11-6-4-8-16(22)2/h9,13,16H,4-8,10-12,14H2,1-3H3,(H2,19,20,21). The number of aliphatic imine (C=N–C) groups is 1. The predicted octanol–water partition coefficient (Wildman–Crippen LogP) is 3.38. The monoisotopic (exact) mass is 336 g/mol. The van der Waals surface area contributed by atoms with Crippen molar-refractivity contribution in [1.82, 2.24) is 15.5 Å². The lowest BCUT2D eigenvalue weighted by atomic mass is 10.0. The van der Waals surface area contributed by atoms with Crippen LogP contribution in [0.25, 0.3) is 0 Å². The summed E-state index contributed by atoms with van der Waals surface area (Å²) in [7, 11) is 1.84. The van der Waals surface area contributed by atoms with E-state index in [1.807, 2.05) is 7.05 Å². The zero-order valence-corrected chi connectivity index (χ0v) is 15.7. The van der Waals surface area contributed by atoms with Gasteiger partial charge in [-0.15, -0.1) is 11.3 Å². The Hall–Kier alpha value is -1.07. The van der Waals surface area contributed by atoms with Crippen molar-refractivity contribution in [2.45, 2.75) is 58.5 Å². The molecule has 0 bridgehead atoms. The van der Waals surface area contributed by atoms with Crippen molar-refractivity contribution in [2.75, 3.05) is 26.7 Å². The maximum atomic E-state index is 4.31. The van der Waals surface area contributed by atoms with Gasteiger partial charge in [0.2, 0.25) is 0 Å². The van der Waals surface area contributed by atoms with Crippen molar-refractivity contribution in [3.05, 3.63) is 21.9 Å². The Labute approximate surface area is 145 Å². The lowest BCUT2D eigenvalue weighted by molar-refractivity contribution is 0.158. The number of rotatable bonds is 7. The number of nitrogens with zero attached hydrogens (tertiary/aromatic N) is 2. The Morgan fingerprint density at radius 2 is 2.22 bits per heavy atom. The molecule has 1 aliphatic rings. The van der Waals surface area contributed by atoms with Gasteiger partial charge in [0.25, 0.3) is 0 Å². The molecule has 0 spiro atoms. The Kier molecular flexibility index (Phi) is 7.89. The Bertz CT molecular complexity index is 483. The summed E-state index contributed by atoms with van der Waals surface area (Å²) in [6, 6.07) is 2.94. The van der Waals surface area contributed by atoms with E-state index in [0.29, 0.717) is 0 Å². The molecule has 0 aliphatic carbocycles. The minimum atomic E-state index is 0.778. The number of hydrogen-bond acceptors (Lipinski definition) is 3. The van der Waals surface area contributed by atoms with Crippen LogP contribution in [0.1, 0.15) is 49.5 Å².